The summed E-state index contributed by atoms with van der Waals surface area (Å²) in [5.74, 6) is 1.41. The predicted octanol–water partition coefficient (Wildman–Crippen LogP) is 0.873. The zero-order chi connectivity index (χ0) is 21.5. The molecule has 2 aromatic carbocycles. The van der Waals surface area contributed by atoms with Crippen molar-refractivity contribution in [3.63, 3.8) is 0 Å². The standard InChI is InChI=1S/C22H28FN3O4/c1-28-19-12-16(13-20(29-2)22(19)30-3)14-24-21(27)15-25-8-10-26(11-9-25)18-6-4-17(23)5-7-18/h4-7,12-13H,8-11,14-15H2,1-3H3,(H,24,27)/p+1. The Kier molecular flexibility index (Phi) is 7.35. The molecule has 7 nitrogen and oxygen atoms in total. The summed E-state index contributed by atoms with van der Waals surface area (Å²) in [5, 5.41) is 2.97. The van der Waals surface area contributed by atoms with E-state index in [1.165, 1.54) is 17.0 Å². The van der Waals surface area contributed by atoms with E-state index in [9.17, 15) is 9.18 Å². The van der Waals surface area contributed by atoms with E-state index in [0.29, 0.717) is 30.3 Å². The van der Waals surface area contributed by atoms with Crippen LogP contribution < -0.4 is 29.3 Å². The first-order valence-electron chi connectivity index (χ1n) is 9.93. The molecule has 1 aliphatic rings. The first kappa shape index (κ1) is 21.7. The van der Waals surface area contributed by atoms with Gasteiger partial charge in [-0.05, 0) is 42.0 Å². The van der Waals surface area contributed by atoms with E-state index in [-0.39, 0.29) is 11.7 Å². The Morgan fingerprint density at radius 2 is 1.63 bits per heavy atom. The topological polar surface area (TPSA) is 64.5 Å². The van der Waals surface area contributed by atoms with E-state index in [4.69, 9.17) is 14.2 Å². The van der Waals surface area contributed by atoms with E-state index in [2.05, 4.69) is 10.2 Å². The summed E-state index contributed by atoms with van der Waals surface area (Å²) in [4.78, 5) is 15.9. The van der Waals surface area contributed by atoms with Crippen LogP contribution in [0.4, 0.5) is 10.1 Å². The lowest BCUT2D eigenvalue weighted by molar-refractivity contribution is -0.892. The lowest BCUT2D eigenvalue weighted by Crippen LogP contribution is -3.15. The van der Waals surface area contributed by atoms with Crippen molar-refractivity contribution < 1.29 is 28.3 Å². The number of quaternary nitrogens is 1. The van der Waals surface area contributed by atoms with Gasteiger partial charge in [-0.1, -0.05) is 0 Å². The number of nitrogens with zero attached hydrogens (tertiary/aromatic N) is 1. The Hall–Kier alpha value is -3.00. The van der Waals surface area contributed by atoms with Gasteiger partial charge in [-0.15, -0.1) is 0 Å². The molecule has 2 aromatic rings. The molecule has 1 amide bonds. The van der Waals surface area contributed by atoms with E-state index in [1.807, 2.05) is 12.1 Å². The Bertz CT molecular complexity index is 827. The Balaban J connectivity index is 1.49. The van der Waals surface area contributed by atoms with Gasteiger partial charge in [0.25, 0.3) is 5.91 Å². The number of nitrogens with one attached hydrogen (secondary N) is 2. The Labute approximate surface area is 176 Å². The highest BCUT2D eigenvalue weighted by Gasteiger charge is 2.22. The summed E-state index contributed by atoms with van der Waals surface area (Å²) in [6.07, 6.45) is 0. The van der Waals surface area contributed by atoms with Crippen molar-refractivity contribution in [1.29, 1.82) is 0 Å². The molecule has 0 unspecified atom stereocenters. The summed E-state index contributed by atoms with van der Waals surface area (Å²) in [6.45, 7) is 4.18. The second kappa shape index (κ2) is 10.2. The Morgan fingerprint density at radius 3 is 2.17 bits per heavy atom. The van der Waals surface area contributed by atoms with E-state index in [0.717, 1.165) is 37.4 Å². The van der Waals surface area contributed by atoms with Gasteiger partial charge in [0.05, 0.1) is 47.5 Å². The molecule has 30 heavy (non-hydrogen) atoms. The monoisotopic (exact) mass is 418 g/mol. The van der Waals surface area contributed by atoms with Crippen molar-refractivity contribution >= 4 is 11.6 Å². The number of carbonyl (C=O) groups is 1. The van der Waals surface area contributed by atoms with Crippen LogP contribution in [0.2, 0.25) is 0 Å². The molecule has 0 bridgehead atoms. The molecule has 8 heteroatoms. The lowest BCUT2D eigenvalue weighted by atomic mass is 10.1. The largest absolute Gasteiger partial charge is 0.493 e. The molecule has 0 spiro atoms. The second-order valence-electron chi connectivity index (χ2n) is 7.20. The summed E-state index contributed by atoms with van der Waals surface area (Å²) in [6, 6.07) is 10.2. The quantitative estimate of drug-likeness (QED) is 0.666. The molecule has 1 saturated heterocycles. The fourth-order valence-electron chi connectivity index (χ4n) is 3.64. The van der Waals surface area contributed by atoms with Crippen LogP contribution in [-0.2, 0) is 11.3 Å². The van der Waals surface area contributed by atoms with Crippen LogP contribution in [0.5, 0.6) is 17.2 Å². The normalized spacial score (nSPS) is 14.3. The molecular weight excluding hydrogens is 389 g/mol. The van der Waals surface area contributed by atoms with Gasteiger partial charge < -0.3 is 29.3 Å². The number of methoxy groups -OCH3 is 3. The summed E-state index contributed by atoms with van der Waals surface area (Å²) < 4.78 is 29.1. The van der Waals surface area contributed by atoms with Crippen LogP contribution in [0.1, 0.15) is 5.56 Å². The lowest BCUT2D eigenvalue weighted by Gasteiger charge is -2.33. The van der Waals surface area contributed by atoms with Gasteiger partial charge in [0.15, 0.2) is 18.0 Å². The number of rotatable bonds is 8. The Morgan fingerprint density at radius 1 is 1.03 bits per heavy atom. The first-order chi connectivity index (χ1) is 14.5. The van der Waals surface area contributed by atoms with Crippen molar-refractivity contribution in [2.75, 3.05) is 59.0 Å². The van der Waals surface area contributed by atoms with Crippen LogP contribution in [0.3, 0.4) is 0 Å². The van der Waals surface area contributed by atoms with Crippen LogP contribution >= 0.6 is 0 Å². The number of hydrogen-bond donors (Lipinski definition) is 2. The molecule has 2 N–H and O–H groups in total. The maximum atomic E-state index is 13.1. The van der Waals surface area contributed by atoms with E-state index in [1.54, 1.807) is 33.5 Å². The average molecular weight is 418 g/mol. The van der Waals surface area contributed by atoms with Gasteiger partial charge in [0.2, 0.25) is 5.75 Å². The first-order valence-corrected chi connectivity index (χ1v) is 9.93. The van der Waals surface area contributed by atoms with Gasteiger partial charge in [-0.25, -0.2) is 4.39 Å². The zero-order valence-corrected chi connectivity index (χ0v) is 17.7. The zero-order valence-electron chi connectivity index (χ0n) is 17.7. The third kappa shape index (κ3) is 5.33. The van der Waals surface area contributed by atoms with Gasteiger partial charge in [-0.2, -0.15) is 0 Å². The summed E-state index contributed by atoms with van der Waals surface area (Å²) >= 11 is 0. The van der Waals surface area contributed by atoms with Crippen molar-refractivity contribution in [3.05, 3.63) is 47.8 Å². The molecule has 1 aliphatic heterocycles. The van der Waals surface area contributed by atoms with Crippen LogP contribution in [0.25, 0.3) is 0 Å². The van der Waals surface area contributed by atoms with Crippen LogP contribution in [0.15, 0.2) is 36.4 Å². The molecular formula is C22H29FN3O4+. The molecule has 0 aromatic heterocycles. The van der Waals surface area contributed by atoms with Crippen molar-refractivity contribution in [3.8, 4) is 17.2 Å². The van der Waals surface area contributed by atoms with Crippen LogP contribution in [-0.4, -0.2) is 60.0 Å². The molecule has 0 aliphatic carbocycles. The average Bonchev–Trinajstić information content (AvgIpc) is 2.78. The fraction of sp³-hybridized carbons (Fsp3) is 0.409. The third-order valence-electron chi connectivity index (χ3n) is 5.29. The molecule has 0 saturated carbocycles. The molecule has 1 heterocycles. The highest BCUT2D eigenvalue weighted by molar-refractivity contribution is 5.76. The minimum atomic E-state index is -0.230. The number of halogens is 1. The fourth-order valence-corrected chi connectivity index (χ4v) is 3.64. The van der Waals surface area contributed by atoms with Crippen molar-refractivity contribution in [2.24, 2.45) is 0 Å². The maximum Gasteiger partial charge on any atom is 0.275 e. The number of piperazine rings is 1. The van der Waals surface area contributed by atoms with Gasteiger partial charge in [-0.3, -0.25) is 4.79 Å². The molecule has 0 atom stereocenters. The van der Waals surface area contributed by atoms with E-state index < -0.39 is 0 Å². The molecule has 3 rings (SSSR count). The van der Waals surface area contributed by atoms with Crippen LogP contribution in [0, 0.1) is 5.82 Å². The predicted molar refractivity (Wildman–Crippen MR) is 112 cm³/mol. The highest BCUT2D eigenvalue weighted by atomic mass is 19.1. The number of ether oxygens (including phenoxy) is 3. The van der Waals surface area contributed by atoms with E-state index >= 15 is 0 Å². The smallest absolute Gasteiger partial charge is 0.275 e. The number of carbonyl (C=O) groups excluding carboxylic acids is 1. The maximum absolute atomic E-state index is 13.1. The number of anilines is 1. The minimum Gasteiger partial charge on any atom is -0.493 e. The summed E-state index contributed by atoms with van der Waals surface area (Å²) in [7, 11) is 4.68. The number of benzene rings is 2. The van der Waals surface area contributed by atoms with Gasteiger partial charge in [0, 0.05) is 12.2 Å². The number of hydrogen-bond acceptors (Lipinski definition) is 5. The SMILES string of the molecule is COc1cc(CNC(=O)C[NH+]2CCN(c3ccc(F)cc3)CC2)cc(OC)c1OC. The van der Waals surface area contributed by atoms with Gasteiger partial charge >= 0.3 is 0 Å². The molecule has 1 fully saturated rings. The highest BCUT2D eigenvalue weighted by Crippen LogP contribution is 2.38. The third-order valence-corrected chi connectivity index (χ3v) is 5.29. The van der Waals surface area contributed by atoms with Crippen molar-refractivity contribution in [2.45, 2.75) is 6.54 Å². The summed E-state index contributed by atoms with van der Waals surface area (Å²) in [5.41, 5.74) is 1.89. The van der Waals surface area contributed by atoms with Gasteiger partial charge in [0.1, 0.15) is 5.82 Å². The molecule has 162 valence electrons. The number of amides is 1. The minimum absolute atomic E-state index is 0.00557. The molecule has 0 radical (unpaired) electrons. The van der Waals surface area contributed by atoms with Crippen molar-refractivity contribution in [1.82, 2.24) is 5.32 Å². The second-order valence-corrected chi connectivity index (χ2v) is 7.20.